The summed E-state index contributed by atoms with van der Waals surface area (Å²) < 4.78 is 19.5. The Labute approximate surface area is 181 Å². The summed E-state index contributed by atoms with van der Waals surface area (Å²) in [6, 6.07) is 13.2. The average Bonchev–Trinajstić information content (AvgIpc) is 3.45. The van der Waals surface area contributed by atoms with Gasteiger partial charge in [0.2, 0.25) is 0 Å². The fourth-order valence-electron chi connectivity index (χ4n) is 4.22. The summed E-state index contributed by atoms with van der Waals surface area (Å²) >= 11 is 0. The predicted octanol–water partition coefficient (Wildman–Crippen LogP) is 3.57. The van der Waals surface area contributed by atoms with Crippen LogP contribution in [-0.4, -0.2) is 47.7 Å². The van der Waals surface area contributed by atoms with Crippen LogP contribution >= 0.6 is 0 Å². The Morgan fingerprint density at radius 2 is 2.00 bits per heavy atom. The van der Waals surface area contributed by atoms with Crippen molar-refractivity contribution in [1.82, 2.24) is 15.1 Å². The minimum absolute atomic E-state index is 0.0923. The van der Waals surface area contributed by atoms with E-state index >= 15 is 0 Å². The van der Waals surface area contributed by atoms with Gasteiger partial charge in [0.1, 0.15) is 6.61 Å². The minimum atomic E-state index is -0.119. The molecule has 0 radical (unpaired) electrons. The van der Waals surface area contributed by atoms with Gasteiger partial charge >= 0.3 is 0 Å². The topological polar surface area (TPSA) is 74.6 Å². The summed E-state index contributed by atoms with van der Waals surface area (Å²) in [5, 5.41) is 8.48. The number of hydrogen-bond acceptors (Lipinski definition) is 5. The van der Waals surface area contributed by atoms with Crippen LogP contribution in [-0.2, 0) is 11.3 Å². The molecule has 162 valence electrons. The Kier molecular flexibility index (Phi) is 5.76. The van der Waals surface area contributed by atoms with Gasteiger partial charge in [-0.3, -0.25) is 9.48 Å². The second kappa shape index (κ2) is 8.98. The van der Waals surface area contributed by atoms with Crippen LogP contribution in [0.1, 0.15) is 36.0 Å². The molecule has 1 N–H and O–H groups in total. The van der Waals surface area contributed by atoms with E-state index in [-0.39, 0.29) is 12.0 Å². The van der Waals surface area contributed by atoms with E-state index < -0.39 is 0 Å². The molecular formula is C24H27N3O4. The lowest BCUT2D eigenvalue weighted by Gasteiger charge is -2.26. The third-order valence-corrected chi connectivity index (χ3v) is 5.82. The van der Waals surface area contributed by atoms with Crippen molar-refractivity contribution in [3.8, 4) is 11.5 Å². The minimum Gasteiger partial charge on any atom is -0.486 e. The summed E-state index contributed by atoms with van der Waals surface area (Å²) in [4.78, 5) is 12.5. The van der Waals surface area contributed by atoms with E-state index in [0.29, 0.717) is 38.0 Å². The number of aromatic nitrogens is 2. The van der Waals surface area contributed by atoms with Crippen LogP contribution in [0.15, 0.2) is 48.7 Å². The average molecular weight is 421 g/mol. The van der Waals surface area contributed by atoms with Crippen molar-refractivity contribution in [1.29, 1.82) is 0 Å². The molecule has 0 spiro atoms. The molecule has 31 heavy (non-hydrogen) atoms. The zero-order valence-corrected chi connectivity index (χ0v) is 17.5. The Morgan fingerprint density at radius 3 is 2.87 bits per heavy atom. The molecule has 2 heterocycles. The van der Waals surface area contributed by atoms with Crippen molar-refractivity contribution in [2.24, 2.45) is 0 Å². The second-order valence-corrected chi connectivity index (χ2v) is 8.16. The van der Waals surface area contributed by atoms with Crippen LogP contribution in [0.2, 0.25) is 0 Å². The van der Waals surface area contributed by atoms with Crippen LogP contribution in [0.25, 0.3) is 10.9 Å². The van der Waals surface area contributed by atoms with Crippen LogP contribution < -0.4 is 14.8 Å². The quantitative estimate of drug-likeness (QED) is 0.591. The maximum atomic E-state index is 12.5. The molecule has 1 aromatic heterocycles. The number of carbonyl (C=O) groups excluding carboxylic acids is 1. The highest BCUT2D eigenvalue weighted by Crippen LogP contribution is 2.31. The molecule has 1 amide bonds. The summed E-state index contributed by atoms with van der Waals surface area (Å²) in [6.07, 6.45) is 6.96. The van der Waals surface area contributed by atoms with Crippen molar-refractivity contribution in [2.75, 3.05) is 19.8 Å². The summed E-state index contributed by atoms with van der Waals surface area (Å²) in [5.41, 5.74) is 1.47. The van der Waals surface area contributed by atoms with Gasteiger partial charge < -0.3 is 19.5 Å². The molecule has 7 nitrogen and oxygen atoms in total. The number of para-hydroxylation sites is 2. The number of amides is 1. The SMILES string of the molecule is O=C(NCCOC1CCCC1)c1ccc2nn(CC3COc4ccccc4O3)cc2c1. The lowest BCUT2D eigenvalue weighted by atomic mass is 10.1. The third kappa shape index (κ3) is 4.66. The highest BCUT2D eigenvalue weighted by atomic mass is 16.6. The van der Waals surface area contributed by atoms with E-state index in [1.54, 1.807) is 0 Å². The molecular weight excluding hydrogens is 394 g/mol. The number of nitrogens with zero attached hydrogens (tertiary/aromatic N) is 2. The number of rotatable bonds is 7. The molecule has 2 aliphatic rings. The number of ether oxygens (including phenoxy) is 3. The molecule has 3 aromatic rings. The number of nitrogens with one attached hydrogen (secondary N) is 1. The predicted molar refractivity (Wildman–Crippen MR) is 117 cm³/mol. The van der Waals surface area contributed by atoms with E-state index in [9.17, 15) is 4.79 Å². The maximum absolute atomic E-state index is 12.5. The van der Waals surface area contributed by atoms with Gasteiger partial charge in [-0.2, -0.15) is 5.10 Å². The van der Waals surface area contributed by atoms with Gasteiger partial charge in [0.25, 0.3) is 5.91 Å². The molecule has 5 rings (SSSR count). The molecule has 2 aromatic carbocycles. The molecule has 1 unspecified atom stereocenters. The number of carbonyl (C=O) groups is 1. The van der Waals surface area contributed by atoms with Gasteiger partial charge in [0.15, 0.2) is 17.6 Å². The Bertz CT molecular complexity index is 1060. The molecule has 1 aliphatic carbocycles. The second-order valence-electron chi connectivity index (χ2n) is 8.16. The highest BCUT2D eigenvalue weighted by molar-refractivity contribution is 5.97. The van der Waals surface area contributed by atoms with Gasteiger partial charge in [-0.25, -0.2) is 0 Å². The fourth-order valence-corrected chi connectivity index (χ4v) is 4.22. The molecule has 1 atom stereocenters. The maximum Gasteiger partial charge on any atom is 0.251 e. The molecule has 0 saturated heterocycles. The van der Waals surface area contributed by atoms with Gasteiger partial charge in [0, 0.05) is 23.7 Å². The molecule has 1 saturated carbocycles. The normalized spacial score (nSPS) is 18.4. The number of fused-ring (bicyclic) bond motifs is 2. The van der Waals surface area contributed by atoms with Gasteiger partial charge in [0.05, 0.1) is 24.8 Å². The largest absolute Gasteiger partial charge is 0.486 e. The van der Waals surface area contributed by atoms with E-state index in [1.165, 1.54) is 12.8 Å². The number of benzene rings is 2. The number of hydrogen-bond donors (Lipinski definition) is 1. The monoisotopic (exact) mass is 421 g/mol. The Morgan fingerprint density at radius 1 is 1.16 bits per heavy atom. The van der Waals surface area contributed by atoms with E-state index in [0.717, 1.165) is 35.2 Å². The van der Waals surface area contributed by atoms with Crippen LogP contribution in [0.3, 0.4) is 0 Å². The van der Waals surface area contributed by atoms with E-state index in [4.69, 9.17) is 14.2 Å². The summed E-state index contributed by atoms with van der Waals surface area (Å²) in [6.45, 7) is 2.13. The van der Waals surface area contributed by atoms with Gasteiger partial charge in [-0.1, -0.05) is 25.0 Å². The lowest BCUT2D eigenvalue weighted by Crippen LogP contribution is -2.33. The molecule has 1 fully saturated rings. The molecule has 0 bridgehead atoms. The fraction of sp³-hybridized carbons (Fsp3) is 0.417. The van der Waals surface area contributed by atoms with E-state index in [2.05, 4.69) is 10.4 Å². The molecule has 1 aliphatic heterocycles. The van der Waals surface area contributed by atoms with Crippen LogP contribution in [0.4, 0.5) is 0 Å². The zero-order valence-electron chi connectivity index (χ0n) is 17.5. The van der Waals surface area contributed by atoms with Crippen molar-refractivity contribution in [3.63, 3.8) is 0 Å². The van der Waals surface area contributed by atoms with Crippen molar-refractivity contribution < 1.29 is 19.0 Å². The first-order chi connectivity index (χ1) is 15.2. The first-order valence-corrected chi connectivity index (χ1v) is 11.0. The third-order valence-electron chi connectivity index (χ3n) is 5.82. The standard InChI is InChI=1S/C24H27N3O4/c28-24(25-11-12-29-19-5-1-2-6-19)17-9-10-21-18(13-17)14-27(26-21)15-20-16-30-22-7-3-4-8-23(22)31-20/h3-4,7-10,13-14,19-20H,1-2,5-6,11-12,15-16H2,(H,25,28). The van der Waals surface area contributed by atoms with E-state index in [1.807, 2.05) is 53.3 Å². The first-order valence-electron chi connectivity index (χ1n) is 11.0. The van der Waals surface area contributed by atoms with Crippen molar-refractivity contribution in [3.05, 3.63) is 54.2 Å². The van der Waals surface area contributed by atoms with Crippen molar-refractivity contribution in [2.45, 2.75) is 44.4 Å². The lowest BCUT2D eigenvalue weighted by molar-refractivity contribution is 0.0582. The molecule has 7 heteroatoms. The van der Waals surface area contributed by atoms with Crippen molar-refractivity contribution >= 4 is 16.8 Å². The highest BCUT2D eigenvalue weighted by Gasteiger charge is 2.21. The Hall–Kier alpha value is -3.06. The van der Waals surface area contributed by atoms with Crippen LogP contribution in [0, 0.1) is 0 Å². The zero-order chi connectivity index (χ0) is 21.0. The summed E-state index contributed by atoms with van der Waals surface area (Å²) in [7, 11) is 0. The Balaban J connectivity index is 1.17. The first kappa shape index (κ1) is 19.9. The summed E-state index contributed by atoms with van der Waals surface area (Å²) in [5.74, 6) is 1.44. The van der Waals surface area contributed by atoms with Crippen LogP contribution in [0.5, 0.6) is 11.5 Å². The smallest absolute Gasteiger partial charge is 0.251 e. The van der Waals surface area contributed by atoms with Gasteiger partial charge in [-0.15, -0.1) is 0 Å². The van der Waals surface area contributed by atoms with Gasteiger partial charge in [-0.05, 0) is 43.2 Å².